The Morgan fingerprint density at radius 2 is 1.83 bits per heavy atom. The van der Waals surface area contributed by atoms with Gasteiger partial charge in [0.2, 0.25) is 0 Å². The lowest BCUT2D eigenvalue weighted by molar-refractivity contribution is -0.137. The topological polar surface area (TPSA) is 88.1 Å². The van der Waals surface area contributed by atoms with Gasteiger partial charge in [-0.05, 0) is 110 Å². The van der Waals surface area contributed by atoms with Gasteiger partial charge in [-0.25, -0.2) is 0 Å². The van der Waals surface area contributed by atoms with Crippen LogP contribution in [0.1, 0.15) is 79.6 Å². The van der Waals surface area contributed by atoms with Crippen molar-refractivity contribution in [2.24, 2.45) is 29.6 Å². The van der Waals surface area contributed by atoms with Crippen LogP contribution in [0.4, 0.5) is 5.69 Å². The minimum Gasteiger partial charge on any atom is -0.497 e. The van der Waals surface area contributed by atoms with Gasteiger partial charge in [0.1, 0.15) is 11.5 Å². The van der Waals surface area contributed by atoms with Crippen molar-refractivity contribution in [1.29, 1.82) is 0 Å². The highest BCUT2D eigenvalue weighted by molar-refractivity contribution is 6.00. The minimum atomic E-state index is -0.739. The Labute approximate surface area is 243 Å². The van der Waals surface area contributed by atoms with Gasteiger partial charge in [-0.1, -0.05) is 18.6 Å². The maximum absolute atomic E-state index is 13.3. The number of anilines is 1. The van der Waals surface area contributed by atoms with E-state index in [1.54, 1.807) is 7.11 Å². The molecule has 2 bridgehead atoms. The fourth-order valence-corrected chi connectivity index (χ4v) is 7.67. The second-order valence-electron chi connectivity index (χ2n) is 12.9. The van der Waals surface area contributed by atoms with Gasteiger partial charge in [0, 0.05) is 25.7 Å². The summed E-state index contributed by atoms with van der Waals surface area (Å²) in [7, 11) is 1.67. The lowest BCUT2D eigenvalue weighted by Gasteiger charge is -2.34. The highest BCUT2D eigenvalue weighted by atomic mass is 16.5. The SMILES string of the molecule is COc1ccc(C(=O)NCC2C[C@@H]3CC[C@H]2C3)c(N2CCC(COc3cccc(C(CC(=O)O)C4CC4)c3)CC2)c1. The van der Waals surface area contributed by atoms with Crippen LogP contribution in [-0.4, -0.2) is 50.3 Å². The molecule has 4 aliphatic rings. The number of fused-ring (bicyclic) bond motifs is 2. The minimum absolute atomic E-state index is 0.0168. The number of hydrogen-bond acceptors (Lipinski definition) is 5. The molecule has 2 aromatic carbocycles. The summed E-state index contributed by atoms with van der Waals surface area (Å²) in [5.74, 6) is 4.15. The summed E-state index contributed by atoms with van der Waals surface area (Å²) in [6.07, 6.45) is 9.68. The van der Waals surface area contributed by atoms with Crippen LogP contribution in [-0.2, 0) is 4.79 Å². The first kappa shape index (κ1) is 27.9. The van der Waals surface area contributed by atoms with E-state index in [9.17, 15) is 14.7 Å². The molecule has 1 amide bonds. The molecule has 0 radical (unpaired) electrons. The van der Waals surface area contributed by atoms with Gasteiger partial charge >= 0.3 is 5.97 Å². The van der Waals surface area contributed by atoms with Crippen LogP contribution in [0.25, 0.3) is 0 Å². The van der Waals surface area contributed by atoms with Crippen molar-refractivity contribution in [1.82, 2.24) is 5.32 Å². The van der Waals surface area contributed by atoms with Crippen molar-refractivity contribution in [3.8, 4) is 11.5 Å². The molecule has 7 heteroatoms. The van der Waals surface area contributed by atoms with Crippen LogP contribution in [0.2, 0.25) is 0 Å². The summed E-state index contributed by atoms with van der Waals surface area (Å²) in [4.78, 5) is 27.1. The number of benzene rings is 2. The fourth-order valence-electron chi connectivity index (χ4n) is 7.67. The second-order valence-corrected chi connectivity index (χ2v) is 12.9. The van der Waals surface area contributed by atoms with Crippen LogP contribution in [0.15, 0.2) is 42.5 Å². The number of carboxylic acids is 1. The summed E-state index contributed by atoms with van der Waals surface area (Å²) in [5, 5.41) is 12.6. The van der Waals surface area contributed by atoms with Crippen LogP contribution in [0.3, 0.4) is 0 Å². The molecule has 4 fully saturated rings. The largest absolute Gasteiger partial charge is 0.497 e. The molecule has 1 aliphatic heterocycles. The summed E-state index contributed by atoms with van der Waals surface area (Å²) in [6, 6.07) is 13.8. The molecule has 7 nitrogen and oxygen atoms in total. The van der Waals surface area contributed by atoms with Crippen molar-refractivity contribution in [3.05, 3.63) is 53.6 Å². The van der Waals surface area contributed by atoms with Gasteiger partial charge in [0.05, 0.1) is 31.4 Å². The molecule has 4 atom stereocenters. The Morgan fingerprint density at radius 3 is 2.51 bits per heavy atom. The number of carbonyl (C=O) groups excluding carboxylic acids is 1. The number of nitrogens with zero attached hydrogens (tertiary/aromatic N) is 1. The molecule has 2 aromatic rings. The predicted molar refractivity (Wildman–Crippen MR) is 159 cm³/mol. The predicted octanol–water partition coefficient (Wildman–Crippen LogP) is 6.12. The number of methoxy groups -OCH3 is 1. The Balaban J connectivity index is 1.04. The molecule has 2 unspecified atom stereocenters. The first-order valence-corrected chi connectivity index (χ1v) is 15.6. The van der Waals surface area contributed by atoms with Crippen molar-refractivity contribution in [2.75, 3.05) is 38.3 Å². The van der Waals surface area contributed by atoms with Crippen LogP contribution in [0.5, 0.6) is 11.5 Å². The van der Waals surface area contributed by atoms with Gasteiger partial charge in [-0.15, -0.1) is 0 Å². The zero-order valence-electron chi connectivity index (χ0n) is 24.2. The molecular weight excluding hydrogens is 516 g/mol. The maximum Gasteiger partial charge on any atom is 0.303 e. The fraction of sp³-hybridized carbons (Fsp3) is 0.588. The molecule has 1 heterocycles. The van der Waals surface area contributed by atoms with E-state index >= 15 is 0 Å². The van der Waals surface area contributed by atoms with Crippen molar-refractivity contribution in [3.63, 3.8) is 0 Å². The molecule has 0 aromatic heterocycles. The summed E-state index contributed by atoms with van der Waals surface area (Å²) < 4.78 is 11.8. The quantitative estimate of drug-likeness (QED) is 0.325. The zero-order valence-corrected chi connectivity index (χ0v) is 24.2. The highest BCUT2D eigenvalue weighted by Crippen LogP contribution is 2.48. The number of piperidine rings is 1. The van der Waals surface area contributed by atoms with E-state index in [0.29, 0.717) is 24.4 Å². The third kappa shape index (κ3) is 6.65. The normalized spacial score (nSPS) is 24.7. The number of amides is 1. The number of nitrogens with one attached hydrogen (secondary N) is 1. The summed E-state index contributed by atoms with van der Waals surface area (Å²) in [6.45, 7) is 3.13. The molecule has 0 spiro atoms. The number of carboxylic acid groups (broad SMARTS) is 1. The van der Waals surface area contributed by atoms with E-state index in [0.717, 1.165) is 85.5 Å². The van der Waals surface area contributed by atoms with E-state index in [4.69, 9.17) is 9.47 Å². The highest BCUT2D eigenvalue weighted by Gasteiger charge is 2.39. The number of ether oxygens (including phenoxy) is 2. The van der Waals surface area contributed by atoms with Crippen molar-refractivity contribution < 1.29 is 24.2 Å². The van der Waals surface area contributed by atoms with E-state index in [1.807, 2.05) is 42.5 Å². The van der Waals surface area contributed by atoms with Crippen molar-refractivity contribution >= 4 is 17.6 Å². The molecule has 3 aliphatic carbocycles. The average molecular weight is 561 g/mol. The zero-order chi connectivity index (χ0) is 28.3. The number of hydrogen-bond donors (Lipinski definition) is 2. The standard InChI is InChI=1S/C34H44N2O5/c1-40-28-9-10-30(34(39)35-20-27-16-23-5-6-25(27)15-23)32(18-28)36-13-11-22(12-14-36)21-41-29-4-2-3-26(17-29)31(19-33(37)38)24-7-8-24/h2-4,9-10,17-18,22-25,27,31H,5-8,11-16,19-21H2,1H3,(H,35,39)(H,37,38)/t23-,25+,27?,31?/m1/s1. The number of rotatable bonds is 12. The van der Waals surface area contributed by atoms with Gasteiger partial charge < -0.3 is 24.8 Å². The third-order valence-corrected chi connectivity index (χ3v) is 10.2. The molecule has 41 heavy (non-hydrogen) atoms. The number of aliphatic carboxylic acids is 1. The average Bonchev–Trinajstić information content (AvgIpc) is 3.62. The molecule has 6 rings (SSSR count). The van der Waals surface area contributed by atoms with Gasteiger partial charge in [-0.2, -0.15) is 0 Å². The summed E-state index contributed by atoms with van der Waals surface area (Å²) in [5.41, 5.74) is 2.75. The van der Waals surface area contributed by atoms with Gasteiger partial charge in [0.25, 0.3) is 5.91 Å². The molecule has 220 valence electrons. The van der Waals surface area contributed by atoms with Gasteiger partial charge in [-0.3, -0.25) is 9.59 Å². The van der Waals surface area contributed by atoms with E-state index in [-0.39, 0.29) is 18.2 Å². The smallest absolute Gasteiger partial charge is 0.303 e. The Bertz CT molecular complexity index is 1240. The maximum atomic E-state index is 13.3. The van der Waals surface area contributed by atoms with Crippen LogP contribution < -0.4 is 19.7 Å². The molecule has 3 saturated carbocycles. The monoisotopic (exact) mass is 560 g/mol. The lowest BCUT2D eigenvalue weighted by atomic mass is 9.89. The number of carbonyl (C=O) groups is 2. The van der Waals surface area contributed by atoms with E-state index < -0.39 is 5.97 Å². The first-order valence-electron chi connectivity index (χ1n) is 15.6. The van der Waals surface area contributed by atoms with Crippen LogP contribution >= 0.6 is 0 Å². The van der Waals surface area contributed by atoms with E-state index in [2.05, 4.69) is 10.2 Å². The Kier molecular flexibility index (Phi) is 8.40. The van der Waals surface area contributed by atoms with Crippen LogP contribution in [0, 0.1) is 29.6 Å². The van der Waals surface area contributed by atoms with Crippen molar-refractivity contribution in [2.45, 2.75) is 63.7 Å². The molecule has 1 saturated heterocycles. The third-order valence-electron chi connectivity index (χ3n) is 10.2. The molecular formula is C34H44N2O5. The Morgan fingerprint density at radius 1 is 1.00 bits per heavy atom. The molecule has 2 N–H and O–H groups in total. The lowest BCUT2D eigenvalue weighted by Crippen LogP contribution is -2.38. The second kappa shape index (κ2) is 12.3. The first-order chi connectivity index (χ1) is 20.0. The van der Waals surface area contributed by atoms with Gasteiger partial charge in [0.15, 0.2) is 0 Å². The summed E-state index contributed by atoms with van der Waals surface area (Å²) >= 11 is 0. The Hall–Kier alpha value is -3.22. The van der Waals surface area contributed by atoms with E-state index in [1.165, 1.54) is 25.7 Å².